The molecule has 0 radical (unpaired) electrons. The lowest BCUT2D eigenvalue weighted by molar-refractivity contribution is -0.114. The number of nitrogens with zero attached hydrogens (tertiary/aromatic N) is 2. The molecule has 2 amide bonds. The Bertz CT molecular complexity index is 719. The van der Waals surface area contributed by atoms with Gasteiger partial charge in [0.15, 0.2) is 0 Å². The maximum absolute atomic E-state index is 12.4. The fraction of sp³-hybridized carbons (Fsp3) is 0.200. The van der Waals surface area contributed by atoms with E-state index in [9.17, 15) is 9.59 Å². The van der Waals surface area contributed by atoms with Gasteiger partial charge in [0.05, 0.1) is 0 Å². The minimum Gasteiger partial charge on any atom is -0.345 e. The van der Waals surface area contributed by atoms with E-state index in [1.54, 1.807) is 43.3 Å². The summed E-state index contributed by atoms with van der Waals surface area (Å²) in [7, 11) is 3.44. The van der Waals surface area contributed by atoms with Crippen LogP contribution in [0.15, 0.2) is 60.7 Å². The second-order valence-electron chi connectivity index (χ2n) is 5.57. The van der Waals surface area contributed by atoms with Gasteiger partial charge in [0.1, 0.15) is 0 Å². The lowest BCUT2D eigenvalue weighted by Gasteiger charge is -2.19. The largest absolute Gasteiger partial charge is 0.345 e. The average molecular weight is 322 g/mol. The van der Waals surface area contributed by atoms with Crippen molar-refractivity contribution >= 4 is 23.6 Å². The first-order chi connectivity index (χ1) is 11.5. The quantitative estimate of drug-likeness (QED) is 0.791. The second kappa shape index (κ2) is 8.11. The monoisotopic (exact) mass is 322 g/mol. The number of carbonyl (C=O) groups is 2. The molecule has 0 saturated carbocycles. The first-order valence-electron chi connectivity index (χ1n) is 7.89. The zero-order valence-electron chi connectivity index (χ0n) is 14.3. The first kappa shape index (κ1) is 17.5. The number of likely N-dealkylation sites (N-methyl/N-ethyl adjacent to an activating group) is 1. The predicted molar refractivity (Wildman–Crippen MR) is 98.0 cm³/mol. The second-order valence-corrected chi connectivity index (χ2v) is 5.57. The summed E-state index contributed by atoms with van der Waals surface area (Å²) >= 11 is 0. The molecule has 24 heavy (non-hydrogen) atoms. The van der Waals surface area contributed by atoms with E-state index in [-0.39, 0.29) is 11.8 Å². The van der Waals surface area contributed by atoms with Crippen molar-refractivity contribution in [2.75, 3.05) is 25.5 Å². The minimum absolute atomic E-state index is 0.0390. The predicted octanol–water partition coefficient (Wildman–Crippen LogP) is 3.45. The van der Waals surface area contributed by atoms with Crippen LogP contribution in [0.2, 0.25) is 0 Å². The highest BCUT2D eigenvalue weighted by molar-refractivity contribution is 6.03. The number of rotatable bonds is 5. The van der Waals surface area contributed by atoms with E-state index in [4.69, 9.17) is 0 Å². The van der Waals surface area contributed by atoms with Crippen molar-refractivity contribution in [3.63, 3.8) is 0 Å². The van der Waals surface area contributed by atoms with E-state index in [1.807, 2.05) is 49.4 Å². The molecule has 0 heterocycles. The molecular weight excluding hydrogens is 300 g/mol. The van der Waals surface area contributed by atoms with Crippen LogP contribution < -0.4 is 4.90 Å². The SMILES string of the molecule is CCN(C(=O)/C=C/c1ccc(C(=O)N(C)C)cc1)c1ccccc1. The van der Waals surface area contributed by atoms with Gasteiger partial charge in [-0.3, -0.25) is 9.59 Å². The van der Waals surface area contributed by atoms with Crippen molar-refractivity contribution < 1.29 is 9.59 Å². The van der Waals surface area contributed by atoms with Gasteiger partial charge in [0, 0.05) is 38.0 Å². The van der Waals surface area contributed by atoms with Crippen LogP contribution in [-0.4, -0.2) is 37.4 Å². The average Bonchev–Trinajstić information content (AvgIpc) is 2.61. The first-order valence-corrected chi connectivity index (χ1v) is 7.89. The number of amides is 2. The number of carbonyl (C=O) groups excluding carboxylic acids is 2. The molecule has 2 aromatic rings. The molecule has 0 N–H and O–H groups in total. The molecule has 0 fully saturated rings. The third-order valence-electron chi connectivity index (χ3n) is 3.63. The molecule has 0 atom stereocenters. The molecule has 0 spiro atoms. The van der Waals surface area contributed by atoms with Crippen molar-refractivity contribution in [3.8, 4) is 0 Å². The summed E-state index contributed by atoms with van der Waals surface area (Å²) in [5.41, 5.74) is 2.38. The molecule has 0 unspecified atom stereocenters. The van der Waals surface area contributed by atoms with Gasteiger partial charge in [-0.1, -0.05) is 30.3 Å². The summed E-state index contributed by atoms with van der Waals surface area (Å²) < 4.78 is 0. The summed E-state index contributed by atoms with van der Waals surface area (Å²) in [6.45, 7) is 2.55. The van der Waals surface area contributed by atoms with Crippen LogP contribution in [0.3, 0.4) is 0 Å². The van der Waals surface area contributed by atoms with Crippen molar-refractivity contribution in [1.82, 2.24) is 4.90 Å². The van der Waals surface area contributed by atoms with Gasteiger partial charge >= 0.3 is 0 Å². The molecule has 4 nitrogen and oxygen atoms in total. The molecule has 0 aromatic heterocycles. The fourth-order valence-corrected chi connectivity index (χ4v) is 2.33. The number of anilines is 1. The highest BCUT2D eigenvalue weighted by atomic mass is 16.2. The molecule has 2 rings (SSSR count). The van der Waals surface area contributed by atoms with E-state index in [0.29, 0.717) is 12.1 Å². The lowest BCUT2D eigenvalue weighted by atomic mass is 10.1. The summed E-state index contributed by atoms with van der Waals surface area (Å²) in [5, 5.41) is 0. The fourth-order valence-electron chi connectivity index (χ4n) is 2.33. The van der Waals surface area contributed by atoms with E-state index in [1.165, 1.54) is 4.90 Å². The van der Waals surface area contributed by atoms with Crippen molar-refractivity contribution in [2.24, 2.45) is 0 Å². The number of para-hydroxylation sites is 1. The molecule has 124 valence electrons. The number of hydrogen-bond acceptors (Lipinski definition) is 2. The van der Waals surface area contributed by atoms with Crippen LogP contribution in [-0.2, 0) is 4.79 Å². The van der Waals surface area contributed by atoms with Crippen LogP contribution in [0.25, 0.3) is 6.08 Å². The topological polar surface area (TPSA) is 40.6 Å². The van der Waals surface area contributed by atoms with Crippen LogP contribution in [0, 0.1) is 0 Å². The van der Waals surface area contributed by atoms with Crippen molar-refractivity contribution in [2.45, 2.75) is 6.92 Å². The van der Waals surface area contributed by atoms with Crippen LogP contribution >= 0.6 is 0 Å². The van der Waals surface area contributed by atoms with E-state index in [0.717, 1.165) is 11.3 Å². The third kappa shape index (κ3) is 4.32. The summed E-state index contributed by atoms with van der Waals surface area (Å²) in [6, 6.07) is 16.8. The minimum atomic E-state index is -0.0721. The maximum atomic E-state index is 12.4. The molecule has 4 heteroatoms. The summed E-state index contributed by atoms with van der Waals surface area (Å²) in [6.07, 6.45) is 3.32. The van der Waals surface area contributed by atoms with Gasteiger partial charge < -0.3 is 9.80 Å². The molecule has 0 aliphatic rings. The van der Waals surface area contributed by atoms with Gasteiger partial charge in [-0.2, -0.15) is 0 Å². The Labute approximate surface area is 143 Å². The molecule has 0 saturated heterocycles. The van der Waals surface area contributed by atoms with Gasteiger partial charge in [-0.15, -0.1) is 0 Å². The number of hydrogen-bond donors (Lipinski definition) is 0. The van der Waals surface area contributed by atoms with Crippen molar-refractivity contribution in [1.29, 1.82) is 0 Å². The Hall–Kier alpha value is -2.88. The lowest BCUT2D eigenvalue weighted by Crippen LogP contribution is -2.28. The van der Waals surface area contributed by atoms with E-state index >= 15 is 0 Å². The molecule has 0 bridgehead atoms. The van der Waals surface area contributed by atoms with Gasteiger partial charge in [0.25, 0.3) is 11.8 Å². The van der Waals surface area contributed by atoms with Gasteiger partial charge in [-0.05, 0) is 42.8 Å². The third-order valence-corrected chi connectivity index (χ3v) is 3.63. The Balaban J connectivity index is 2.09. The zero-order chi connectivity index (χ0) is 17.5. The van der Waals surface area contributed by atoms with Crippen LogP contribution in [0.5, 0.6) is 0 Å². The van der Waals surface area contributed by atoms with Gasteiger partial charge in [-0.25, -0.2) is 0 Å². The summed E-state index contributed by atoms with van der Waals surface area (Å²) in [4.78, 5) is 27.5. The molecular formula is C20H22N2O2. The van der Waals surface area contributed by atoms with E-state index in [2.05, 4.69) is 0 Å². The molecule has 0 aliphatic heterocycles. The highest BCUT2D eigenvalue weighted by Gasteiger charge is 2.10. The Kier molecular flexibility index (Phi) is 5.90. The van der Waals surface area contributed by atoms with Crippen LogP contribution in [0.4, 0.5) is 5.69 Å². The number of benzene rings is 2. The van der Waals surface area contributed by atoms with Crippen LogP contribution in [0.1, 0.15) is 22.8 Å². The Morgan fingerprint density at radius 3 is 2.12 bits per heavy atom. The molecule has 0 aliphatic carbocycles. The Morgan fingerprint density at radius 1 is 0.958 bits per heavy atom. The zero-order valence-corrected chi connectivity index (χ0v) is 14.3. The van der Waals surface area contributed by atoms with E-state index < -0.39 is 0 Å². The Morgan fingerprint density at radius 2 is 1.58 bits per heavy atom. The smallest absolute Gasteiger partial charge is 0.253 e. The summed E-state index contributed by atoms with van der Waals surface area (Å²) in [5.74, 6) is -0.111. The van der Waals surface area contributed by atoms with Crippen molar-refractivity contribution in [3.05, 3.63) is 71.8 Å². The standard InChI is InChI=1S/C20H22N2O2/c1-4-22(18-8-6-5-7-9-18)19(23)15-12-16-10-13-17(14-11-16)20(24)21(2)3/h5-15H,4H2,1-3H3/b15-12+. The maximum Gasteiger partial charge on any atom is 0.253 e. The normalized spacial score (nSPS) is 10.6. The molecule has 2 aromatic carbocycles. The highest BCUT2D eigenvalue weighted by Crippen LogP contribution is 2.14. The van der Waals surface area contributed by atoms with Gasteiger partial charge in [0.2, 0.25) is 0 Å².